The maximum atomic E-state index is 13.5. The molecule has 0 aliphatic heterocycles. The molecule has 3 heterocycles. The van der Waals surface area contributed by atoms with Crippen LogP contribution in [0, 0.1) is 6.92 Å². The highest BCUT2D eigenvalue weighted by molar-refractivity contribution is 5.89. The number of pyridine rings is 1. The van der Waals surface area contributed by atoms with E-state index in [0.717, 1.165) is 16.7 Å². The molecule has 12 heteroatoms. The van der Waals surface area contributed by atoms with Crippen molar-refractivity contribution >= 4 is 23.0 Å². The molecule has 1 aromatic carbocycles. The summed E-state index contributed by atoms with van der Waals surface area (Å²) in [5.74, 6) is 0.264. The Labute approximate surface area is 185 Å². The van der Waals surface area contributed by atoms with Crippen LogP contribution >= 0.6 is 0 Å². The first-order valence-electron chi connectivity index (χ1n) is 9.80. The Bertz CT molecular complexity index is 1330. The first-order valence-corrected chi connectivity index (χ1v) is 9.80. The number of hydrogen-bond donors (Lipinski definition) is 1. The van der Waals surface area contributed by atoms with Crippen LogP contribution in [0.1, 0.15) is 28.8 Å². The predicted molar refractivity (Wildman–Crippen MR) is 112 cm³/mol. The molecule has 0 aliphatic rings. The molecule has 0 saturated heterocycles. The van der Waals surface area contributed by atoms with Crippen LogP contribution in [0.25, 0.3) is 11.3 Å². The van der Waals surface area contributed by atoms with E-state index in [4.69, 9.17) is 9.47 Å². The lowest BCUT2D eigenvalue weighted by molar-refractivity contribution is -0.137. The van der Waals surface area contributed by atoms with E-state index in [-0.39, 0.29) is 23.6 Å². The Morgan fingerprint density at radius 2 is 2.00 bits per heavy atom. The summed E-state index contributed by atoms with van der Waals surface area (Å²) in [6.07, 6.45) is -1.01. The van der Waals surface area contributed by atoms with Crippen LogP contribution in [0.2, 0.25) is 0 Å². The van der Waals surface area contributed by atoms with Gasteiger partial charge in [0.25, 0.3) is 0 Å². The number of benzene rings is 1. The number of nitrogens with zero attached hydrogens (tertiary/aromatic N) is 5. The molecule has 0 radical (unpaired) electrons. The summed E-state index contributed by atoms with van der Waals surface area (Å²) in [5.41, 5.74) is 0.200. The van der Waals surface area contributed by atoms with Gasteiger partial charge in [0.05, 0.1) is 25.0 Å². The zero-order valence-corrected chi connectivity index (χ0v) is 17.8. The summed E-state index contributed by atoms with van der Waals surface area (Å²) >= 11 is 0. The second-order valence-corrected chi connectivity index (χ2v) is 6.97. The molecule has 33 heavy (non-hydrogen) atoms. The number of imidazole rings is 1. The smallest absolute Gasteiger partial charge is 0.417 e. The molecule has 0 unspecified atom stereocenters. The number of rotatable bonds is 6. The number of esters is 1. The van der Waals surface area contributed by atoms with E-state index in [1.165, 1.54) is 24.3 Å². The molecule has 4 aromatic rings. The van der Waals surface area contributed by atoms with Gasteiger partial charge in [0.15, 0.2) is 11.3 Å². The average Bonchev–Trinajstić information content (AvgIpc) is 3.39. The van der Waals surface area contributed by atoms with Crippen LogP contribution in [0.4, 0.5) is 24.5 Å². The number of alkyl halides is 3. The minimum atomic E-state index is -4.61. The largest absolute Gasteiger partial charge is 0.494 e. The lowest BCUT2D eigenvalue weighted by Gasteiger charge is -2.14. The molecule has 9 nitrogen and oxygen atoms in total. The van der Waals surface area contributed by atoms with Gasteiger partial charge in [-0.15, -0.1) is 0 Å². The highest BCUT2D eigenvalue weighted by atomic mass is 19.4. The quantitative estimate of drug-likeness (QED) is 0.432. The standard InChI is InChI=1S/C21H19F3N6O3/c1-4-33-20(31)16-10-29-9-13(21(22,23)24)7-15(19(29)27-16)26-14-5-6-17(18(8-14)32-3)30-11-25-12(2)28-30/h5-11,26H,4H2,1-3H3. The van der Waals surface area contributed by atoms with Gasteiger partial charge in [0.1, 0.15) is 23.6 Å². The Kier molecular flexibility index (Phi) is 5.66. The number of aromatic nitrogens is 5. The van der Waals surface area contributed by atoms with Gasteiger partial charge in [-0.05, 0) is 32.0 Å². The Balaban J connectivity index is 1.77. The van der Waals surface area contributed by atoms with E-state index < -0.39 is 17.7 Å². The molecule has 0 bridgehead atoms. The Hall–Kier alpha value is -4.09. The van der Waals surface area contributed by atoms with Crippen LogP contribution in [0.15, 0.2) is 43.0 Å². The van der Waals surface area contributed by atoms with E-state index in [9.17, 15) is 18.0 Å². The summed E-state index contributed by atoms with van der Waals surface area (Å²) in [5, 5.41) is 7.18. The van der Waals surface area contributed by atoms with Crippen LogP contribution in [-0.2, 0) is 10.9 Å². The number of fused-ring (bicyclic) bond motifs is 1. The number of nitrogens with one attached hydrogen (secondary N) is 1. The fraction of sp³-hybridized carbons (Fsp3) is 0.238. The molecule has 3 aromatic heterocycles. The van der Waals surface area contributed by atoms with Crippen LogP contribution in [0.5, 0.6) is 5.75 Å². The van der Waals surface area contributed by atoms with Gasteiger partial charge >= 0.3 is 12.1 Å². The van der Waals surface area contributed by atoms with Crippen LogP contribution in [-0.4, -0.2) is 43.8 Å². The molecule has 0 spiro atoms. The van der Waals surface area contributed by atoms with Gasteiger partial charge in [-0.1, -0.05) is 0 Å². The monoisotopic (exact) mass is 460 g/mol. The number of methoxy groups -OCH3 is 1. The zero-order chi connectivity index (χ0) is 23.8. The Morgan fingerprint density at radius 1 is 1.21 bits per heavy atom. The fourth-order valence-electron chi connectivity index (χ4n) is 3.21. The van der Waals surface area contributed by atoms with Gasteiger partial charge in [-0.3, -0.25) is 0 Å². The summed E-state index contributed by atoms with van der Waals surface area (Å²) in [6, 6.07) is 5.88. The molecule has 0 fully saturated rings. The van der Waals surface area contributed by atoms with E-state index in [1.807, 2.05) is 0 Å². The van der Waals surface area contributed by atoms with Crippen LogP contribution in [0.3, 0.4) is 0 Å². The number of ether oxygens (including phenoxy) is 2. The SMILES string of the molecule is CCOC(=O)c1cn2cc(C(F)(F)F)cc(Nc3ccc(-n4cnc(C)n4)c(OC)c3)c2n1. The van der Waals surface area contributed by atoms with Gasteiger partial charge in [0, 0.05) is 24.1 Å². The molecule has 0 amide bonds. The third-order valence-corrected chi connectivity index (χ3v) is 4.68. The topological polar surface area (TPSA) is 95.6 Å². The van der Waals surface area contributed by atoms with Gasteiger partial charge in [-0.25, -0.2) is 19.4 Å². The first-order chi connectivity index (χ1) is 15.7. The molecular formula is C21H19F3N6O3. The number of aryl methyl sites for hydroxylation is 1. The van der Waals surface area contributed by atoms with Gasteiger partial charge < -0.3 is 19.2 Å². The maximum absolute atomic E-state index is 13.5. The van der Waals surface area contributed by atoms with Crippen molar-refractivity contribution < 1.29 is 27.4 Å². The van der Waals surface area contributed by atoms with Crippen molar-refractivity contribution in [1.82, 2.24) is 24.1 Å². The van der Waals surface area contributed by atoms with Crippen molar-refractivity contribution in [3.05, 3.63) is 60.1 Å². The minimum absolute atomic E-state index is 0.0479. The van der Waals surface area contributed by atoms with E-state index in [0.29, 0.717) is 22.9 Å². The average molecular weight is 460 g/mol. The van der Waals surface area contributed by atoms with E-state index in [2.05, 4.69) is 20.4 Å². The molecule has 172 valence electrons. The lowest BCUT2D eigenvalue weighted by atomic mass is 10.2. The third kappa shape index (κ3) is 4.45. The first kappa shape index (κ1) is 22.1. The summed E-state index contributed by atoms with van der Waals surface area (Å²) in [6.45, 7) is 3.48. The number of hydrogen-bond acceptors (Lipinski definition) is 7. The molecule has 0 aliphatic carbocycles. The summed E-state index contributed by atoms with van der Waals surface area (Å²) in [4.78, 5) is 20.3. The molecule has 0 saturated carbocycles. The molecular weight excluding hydrogens is 441 g/mol. The number of carbonyl (C=O) groups excluding carboxylic acids is 1. The van der Waals surface area contributed by atoms with Gasteiger partial charge in [-0.2, -0.15) is 18.3 Å². The van der Waals surface area contributed by atoms with Crippen LogP contribution < -0.4 is 10.1 Å². The minimum Gasteiger partial charge on any atom is -0.494 e. The highest BCUT2D eigenvalue weighted by Crippen LogP contribution is 2.35. The Morgan fingerprint density at radius 3 is 2.64 bits per heavy atom. The second-order valence-electron chi connectivity index (χ2n) is 6.97. The molecule has 4 rings (SSSR count). The van der Waals surface area contributed by atoms with Gasteiger partial charge in [0.2, 0.25) is 0 Å². The molecule has 0 atom stereocenters. The van der Waals surface area contributed by atoms with E-state index >= 15 is 0 Å². The maximum Gasteiger partial charge on any atom is 0.417 e. The molecule has 1 N–H and O–H groups in total. The van der Waals surface area contributed by atoms with Crippen molar-refractivity contribution in [2.45, 2.75) is 20.0 Å². The van der Waals surface area contributed by atoms with Crippen molar-refractivity contribution in [2.75, 3.05) is 19.0 Å². The fourth-order valence-corrected chi connectivity index (χ4v) is 3.21. The van der Waals surface area contributed by atoms with E-state index in [1.54, 1.807) is 32.0 Å². The summed E-state index contributed by atoms with van der Waals surface area (Å²) in [7, 11) is 1.47. The second kappa shape index (κ2) is 8.45. The predicted octanol–water partition coefficient (Wildman–Crippen LogP) is 4.17. The number of carbonyl (C=O) groups is 1. The van der Waals surface area contributed by atoms with Crippen molar-refractivity contribution in [1.29, 1.82) is 0 Å². The normalized spacial score (nSPS) is 11.6. The summed E-state index contributed by atoms with van der Waals surface area (Å²) < 4.78 is 53.5. The zero-order valence-electron chi connectivity index (χ0n) is 17.8. The van der Waals surface area contributed by atoms with Crippen molar-refractivity contribution in [3.8, 4) is 11.4 Å². The van der Waals surface area contributed by atoms with Crippen molar-refractivity contribution in [3.63, 3.8) is 0 Å². The number of anilines is 2. The van der Waals surface area contributed by atoms with Crippen molar-refractivity contribution in [2.24, 2.45) is 0 Å². The third-order valence-electron chi connectivity index (χ3n) is 4.68. The number of halogens is 3. The highest BCUT2D eigenvalue weighted by Gasteiger charge is 2.32. The lowest BCUT2D eigenvalue weighted by Crippen LogP contribution is -2.08.